The molecule has 0 unspecified atom stereocenters. The van der Waals surface area contributed by atoms with Gasteiger partial charge in [0.05, 0.1) is 5.92 Å². The van der Waals surface area contributed by atoms with Crippen LogP contribution >= 0.6 is 0 Å². The summed E-state index contributed by atoms with van der Waals surface area (Å²) in [5.41, 5.74) is 0. The van der Waals surface area contributed by atoms with E-state index in [9.17, 15) is 9.59 Å². The largest absolute Gasteiger partial charge is 0.481 e. The molecular formula is C13H24N4O3. The Morgan fingerprint density at radius 3 is 2.70 bits per heavy atom. The van der Waals surface area contributed by atoms with Crippen molar-refractivity contribution < 1.29 is 14.7 Å². The maximum Gasteiger partial charge on any atom is 0.317 e. The van der Waals surface area contributed by atoms with Crippen molar-refractivity contribution in [1.29, 1.82) is 0 Å². The molecule has 0 spiro atoms. The molecule has 2 saturated heterocycles. The molecule has 114 valence electrons. The fourth-order valence-electron chi connectivity index (χ4n) is 2.73. The third-order valence-electron chi connectivity index (χ3n) is 3.97. The minimum atomic E-state index is -0.802. The highest BCUT2D eigenvalue weighted by Gasteiger charge is 2.27. The fraction of sp³-hybridized carbons (Fsp3) is 0.846. The minimum absolute atomic E-state index is 0.133. The van der Waals surface area contributed by atoms with Gasteiger partial charge in [-0.1, -0.05) is 0 Å². The fourth-order valence-corrected chi connectivity index (χ4v) is 2.73. The molecule has 3 N–H and O–H groups in total. The van der Waals surface area contributed by atoms with Crippen LogP contribution in [0.1, 0.15) is 12.8 Å². The number of urea groups is 1. The van der Waals surface area contributed by atoms with E-state index in [4.69, 9.17) is 5.11 Å². The third-order valence-corrected chi connectivity index (χ3v) is 3.97. The SMILES string of the molecule is O=C(O)[C@@H]1CCCN(C(=O)NCCN2CCNCC2)C1. The first kappa shape index (κ1) is 15.1. The van der Waals surface area contributed by atoms with E-state index >= 15 is 0 Å². The molecule has 0 aromatic carbocycles. The van der Waals surface area contributed by atoms with Gasteiger partial charge in [0.25, 0.3) is 0 Å². The molecule has 2 amide bonds. The highest BCUT2D eigenvalue weighted by Crippen LogP contribution is 2.16. The van der Waals surface area contributed by atoms with Gasteiger partial charge in [-0.25, -0.2) is 4.79 Å². The van der Waals surface area contributed by atoms with Crippen LogP contribution in [0, 0.1) is 5.92 Å². The second kappa shape index (κ2) is 7.44. The summed E-state index contributed by atoms with van der Waals surface area (Å²) in [7, 11) is 0. The van der Waals surface area contributed by atoms with Gasteiger partial charge in [-0.15, -0.1) is 0 Å². The summed E-state index contributed by atoms with van der Waals surface area (Å²) in [5, 5.41) is 15.2. The van der Waals surface area contributed by atoms with Crippen LogP contribution in [-0.4, -0.2) is 79.3 Å². The lowest BCUT2D eigenvalue weighted by Gasteiger charge is -2.31. The number of carbonyl (C=O) groups excluding carboxylic acids is 1. The van der Waals surface area contributed by atoms with Crippen molar-refractivity contribution in [3.8, 4) is 0 Å². The Balaban J connectivity index is 1.67. The van der Waals surface area contributed by atoms with Crippen LogP contribution < -0.4 is 10.6 Å². The second-order valence-electron chi connectivity index (χ2n) is 5.45. The number of piperazine rings is 1. The lowest BCUT2D eigenvalue weighted by Crippen LogP contribution is -2.50. The number of amides is 2. The average Bonchev–Trinajstić information content (AvgIpc) is 2.48. The first-order valence-electron chi connectivity index (χ1n) is 7.35. The molecule has 2 rings (SSSR count). The van der Waals surface area contributed by atoms with E-state index in [-0.39, 0.29) is 6.03 Å². The lowest BCUT2D eigenvalue weighted by molar-refractivity contribution is -0.143. The maximum atomic E-state index is 12.0. The molecule has 0 aromatic heterocycles. The van der Waals surface area contributed by atoms with E-state index in [0.29, 0.717) is 26.1 Å². The molecule has 1 atom stereocenters. The third kappa shape index (κ3) is 4.35. The van der Waals surface area contributed by atoms with Crippen molar-refractivity contribution in [2.45, 2.75) is 12.8 Å². The highest BCUT2D eigenvalue weighted by atomic mass is 16.4. The molecule has 0 saturated carbocycles. The number of rotatable bonds is 4. The predicted octanol–water partition coefficient (Wildman–Crippen LogP) is -0.602. The van der Waals surface area contributed by atoms with Crippen molar-refractivity contribution >= 4 is 12.0 Å². The lowest BCUT2D eigenvalue weighted by atomic mass is 9.99. The molecule has 0 aliphatic carbocycles. The van der Waals surface area contributed by atoms with Gasteiger partial charge in [0, 0.05) is 52.4 Å². The Morgan fingerprint density at radius 1 is 1.25 bits per heavy atom. The van der Waals surface area contributed by atoms with Crippen molar-refractivity contribution in [3.63, 3.8) is 0 Å². The molecule has 2 aliphatic rings. The minimum Gasteiger partial charge on any atom is -0.481 e. The summed E-state index contributed by atoms with van der Waals surface area (Å²) in [6, 6.07) is -0.133. The summed E-state index contributed by atoms with van der Waals surface area (Å²) >= 11 is 0. The van der Waals surface area contributed by atoms with Crippen LogP contribution in [0.25, 0.3) is 0 Å². The Kier molecular flexibility index (Phi) is 5.60. The Labute approximate surface area is 119 Å². The zero-order valence-corrected chi connectivity index (χ0v) is 11.8. The first-order chi connectivity index (χ1) is 9.66. The molecular weight excluding hydrogens is 260 g/mol. The molecule has 0 radical (unpaired) electrons. The van der Waals surface area contributed by atoms with E-state index < -0.39 is 11.9 Å². The van der Waals surface area contributed by atoms with Crippen molar-refractivity contribution in [2.75, 3.05) is 52.4 Å². The van der Waals surface area contributed by atoms with Gasteiger partial charge in [0.1, 0.15) is 0 Å². The molecule has 2 fully saturated rings. The molecule has 7 heteroatoms. The number of nitrogens with zero attached hydrogens (tertiary/aromatic N) is 2. The van der Waals surface area contributed by atoms with Gasteiger partial charge in [-0.05, 0) is 12.8 Å². The van der Waals surface area contributed by atoms with Crippen molar-refractivity contribution in [2.24, 2.45) is 5.92 Å². The average molecular weight is 284 g/mol. The Bertz CT molecular complexity index is 345. The van der Waals surface area contributed by atoms with E-state index in [2.05, 4.69) is 15.5 Å². The van der Waals surface area contributed by atoms with E-state index in [1.54, 1.807) is 4.90 Å². The Hall–Kier alpha value is -1.34. The second-order valence-corrected chi connectivity index (χ2v) is 5.45. The summed E-state index contributed by atoms with van der Waals surface area (Å²) in [6.45, 7) is 6.48. The zero-order chi connectivity index (χ0) is 14.4. The maximum absolute atomic E-state index is 12.0. The van der Waals surface area contributed by atoms with Crippen molar-refractivity contribution in [1.82, 2.24) is 20.4 Å². The van der Waals surface area contributed by atoms with Crippen LogP contribution in [0.5, 0.6) is 0 Å². The van der Waals surface area contributed by atoms with Crippen LogP contribution in [0.4, 0.5) is 4.79 Å². The zero-order valence-electron chi connectivity index (χ0n) is 11.8. The van der Waals surface area contributed by atoms with E-state index in [0.717, 1.165) is 39.1 Å². The van der Waals surface area contributed by atoms with E-state index in [1.807, 2.05) is 0 Å². The number of aliphatic carboxylic acids is 1. The number of hydrogen-bond acceptors (Lipinski definition) is 4. The molecule has 0 bridgehead atoms. The van der Waals surface area contributed by atoms with Crippen molar-refractivity contribution in [3.05, 3.63) is 0 Å². The molecule has 20 heavy (non-hydrogen) atoms. The predicted molar refractivity (Wildman–Crippen MR) is 74.6 cm³/mol. The number of nitrogens with one attached hydrogen (secondary N) is 2. The molecule has 7 nitrogen and oxygen atoms in total. The quantitative estimate of drug-likeness (QED) is 0.642. The van der Waals surface area contributed by atoms with Crippen LogP contribution in [-0.2, 0) is 4.79 Å². The molecule has 0 aromatic rings. The number of carboxylic acids is 1. The van der Waals surface area contributed by atoms with Gasteiger partial charge in [-0.3, -0.25) is 9.69 Å². The standard InChI is InChI=1S/C13H24N4O3/c18-12(19)11-2-1-6-17(10-11)13(20)15-5-9-16-7-3-14-4-8-16/h11,14H,1-10H2,(H,15,20)(H,18,19)/t11-/m1/s1. The monoisotopic (exact) mass is 284 g/mol. The topological polar surface area (TPSA) is 84.9 Å². The first-order valence-corrected chi connectivity index (χ1v) is 7.35. The van der Waals surface area contributed by atoms with E-state index in [1.165, 1.54) is 0 Å². The van der Waals surface area contributed by atoms with Gasteiger partial charge >= 0.3 is 12.0 Å². The number of carbonyl (C=O) groups is 2. The van der Waals surface area contributed by atoms with Gasteiger partial charge in [0.2, 0.25) is 0 Å². The summed E-state index contributed by atoms with van der Waals surface area (Å²) in [5.74, 6) is -1.22. The van der Waals surface area contributed by atoms with Gasteiger partial charge < -0.3 is 20.6 Å². The molecule has 2 aliphatic heterocycles. The number of piperidine rings is 1. The number of hydrogen-bond donors (Lipinski definition) is 3. The molecule has 2 heterocycles. The van der Waals surface area contributed by atoms with Crippen LogP contribution in [0.15, 0.2) is 0 Å². The normalized spacial score (nSPS) is 24.4. The smallest absolute Gasteiger partial charge is 0.317 e. The van der Waals surface area contributed by atoms with Gasteiger partial charge in [0.15, 0.2) is 0 Å². The number of likely N-dealkylation sites (tertiary alicyclic amines) is 1. The summed E-state index contributed by atoms with van der Waals surface area (Å²) in [4.78, 5) is 26.9. The summed E-state index contributed by atoms with van der Waals surface area (Å²) in [6.07, 6.45) is 1.43. The number of carboxylic acid groups (broad SMARTS) is 1. The van der Waals surface area contributed by atoms with Crippen LogP contribution in [0.3, 0.4) is 0 Å². The van der Waals surface area contributed by atoms with Crippen LogP contribution in [0.2, 0.25) is 0 Å². The summed E-state index contributed by atoms with van der Waals surface area (Å²) < 4.78 is 0. The van der Waals surface area contributed by atoms with Gasteiger partial charge in [-0.2, -0.15) is 0 Å². The highest BCUT2D eigenvalue weighted by molar-refractivity contribution is 5.76. The Morgan fingerprint density at radius 2 is 2.00 bits per heavy atom.